The van der Waals surface area contributed by atoms with Crippen molar-refractivity contribution in [2.45, 2.75) is 19.9 Å². The van der Waals surface area contributed by atoms with E-state index in [0.717, 1.165) is 5.56 Å². The van der Waals surface area contributed by atoms with Gasteiger partial charge in [-0.1, -0.05) is 61.5 Å². The molecule has 0 radical (unpaired) electrons. The molecular formula is C16H17NO. The fraction of sp³-hybridized carbons (Fsp3) is 0.188. The molecule has 0 unspecified atom stereocenters. The lowest BCUT2D eigenvalue weighted by Gasteiger charge is -2.10. The molecule has 0 aromatic heterocycles. The zero-order valence-corrected chi connectivity index (χ0v) is 10.5. The summed E-state index contributed by atoms with van der Waals surface area (Å²) in [6, 6.07) is 18.4. The fourth-order valence-corrected chi connectivity index (χ4v) is 1.89. The van der Waals surface area contributed by atoms with E-state index < -0.39 is 0 Å². The van der Waals surface area contributed by atoms with E-state index in [9.17, 15) is 4.79 Å². The number of amides is 1. The van der Waals surface area contributed by atoms with Crippen molar-refractivity contribution < 1.29 is 4.79 Å². The summed E-state index contributed by atoms with van der Waals surface area (Å²) >= 11 is 0. The minimum atomic E-state index is 0.0814. The normalized spacial score (nSPS) is 10.1. The summed E-state index contributed by atoms with van der Waals surface area (Å²) in [5, 5.41) is 2.92. The second kappa shape index (κ2) is 6.01. The number of carbonyl (C=O) groups is 1. The van der Waals surface area contributed by atoms with E-state index >= 15 is 0 Å². The third-order valence-electron chi connectivity index (χ3n) is 2.90. The molecule has 2 heteroatoms. The van der Waals surface area contributed by atoms with Crippen LogP contribution in [0.15, 0.2) is 54.6 Å². The Labute approximate surface area is 108 Å². The van der Waals surface area contributed by atoms with Crippen molar-refractivity contribution in [3.05, 3.63) is 60.2 Å². The number of rotatable bonds is 4. The monoisotopic (exact) mass is 239 g/mol. The smallest absolute Gasteiger partial charge is 0.219 e. The van der Waals surface area contributed by atoms with E-state index in [1.165, 1.54) is 11.1 Å². The highest BCUT2D eigenvalue weighted by Gasteiger charge is 2.04. The molecule has 0 aliphatic heterocycles. The van der Waals surface area contributed by atoms with Crippen LogP contribution in [0.25, 0.3) is 11.1 Å². The van der Waals surface area contributed by atoms with E-state index in [0.29, 0.717) is 13.0 Å². The highest BCUT2D eigenvalue weighted by Crippen LogP contribution is 2.23. The van der Waals surface area contributed by atoms with Gasteiger partial charge in [0.05, 0.1) is 0 Å². The van der Waals surface area contributed by atoms with Crippen molar-refractivity contribution in [1.82, 2.24) is 5.32 Å². The van der Waals surface area contributed by atoms with Crippen molar-refractivity contribution in [3.8, 4) is 11.1 Å². The quantitative estimate of drug-likeness (QED) is 0.870. The maximum atomic E-state index is 11.3. The molecule has 2 rings (SSSR count). The van der Waals surface area contributed by atoms with E-state index in [2.05, 4.69) is 29.6 Å². The van der Waals surface area contributed by atoms with E-state index in [-0.39, 0.29) is 5.91 Å². The first-order valence-electron chi connectivity index (χ1n) is 6.21. The molecule has 0 bridgehead atoms. The van der Waals surface area contributed by atoms with Crippen molar-refractivity contribution in [2.24, 2.45) is 0 Å². The maximum absolute atomic E-state index is 11.3. The summed E-state index contributed by atoms with van der Waals surface area (Å²) in [6.07, 6.45) is 0.521. The predicted molar refractivity (Wildman–Crippen MR) is 74.0 cm³/mol. The minimum Gasteiger partial charge on any atom is -0.352 e. The first kappa shape index (κ1) is 12.4. The third-order valence-corrected chi connectivity index (χ3v) is 2.90. The number of nitrogens with one attached hydrogen (secondary N) is 1. The second-order valence-electron chi connectivity index (χ2n) is 4.15. The molecule has 0 saturated carbocycles. The molecule has 0 heterocycles. The van der Waals surface area contributed by atoms with E-state index in [4.69, 9.17) is 0 Å². The van der Waals surface area contributed by atoms with Crippen LogP contribution in [-0.4, -0.2) is 5.91 Å². The van der Waals surface area contributed by atoms with Crippen molar-refractivity contribution in [1.29, 1.82) is 0 Å². The summed E-state index contributed by atoms with van der Waals surface area (Å²) in [4.78, 5) is 11.3. The fourth-order valence-electron chi connectivity index (χ4n) is 1.89. The standard InChI is InChI=1S/C16H17NO/c1-2-16(18)17-12-14-10-6-7-11-15(14)13-8-4-3-5-9-13/h3-11H,2,12H2,1H3,(H,17,18). The average Bonchev–Trinajstić information content (AvgIpc) is 2.46. The topological polar surface area (TPSA) is 29.1 Å². The Morgan fingerprint density at radius 2 is 1.67 bits per heavy atom. The second-order valence-corrected chi connectivity index (χ2v) is 4.15. The Morgan fingerprint density at radius 3 is 2.39 bits per heavy atom. The SMILES string of the molecule is CCC(=O)NCc1ccccc1-c1ccccc1. The summed E-state index contributed by atoms with van der Waals surface area (Å²) in [5.74, 6) is 0.0814. The number of hydrogen-bond donors (Lipinski definition) is 1. The van der Waals surface area contributed by atoms with Crippen molar-refractivity contribution in [3.63, 3.8) is 0 Å². The van der Waals surface area contributed by atoms with E-state index in [1.807, 2.05) is 37.3 Å². The van der Waals surface area contributed by atoms with Gasteiger partial charge in [-0.2, -0.15) is 0 Å². The molecule has 92 valence electrons. The zero-order valence-electron chi connectivity index (χ0n) is 10.5. The largest absolute Gasteiger partial charge is 0.352 e. The first-order chi connectivity index (χ1) is 8.81. The van der Waals surface area contributed by atoms with Gasteiger partial charge in [0.1, 0.15) is 0 Å². The molecule has 1 N–H and O–H groups in total. The summed E-state index contributed by atoms with van der Waals surface area (Å²) in [7, 11) is 0. The summed E-state index contributed by atoms with van der Waals surface area (Å²) < 4.78 is 0. The predicted octanol–water partition coefficient (Wildman–Crippen LogP) is 3.38. The van der Waals surface area contributed by atoms with Gasteiger partial charge < -0.3 is 5.32 Å². The Kier molecular flexibility index (Phi) is 4.13. The van der Waals surface area contributed by atoms with Gasteiger partial charge in [0, 0.05) is 13.0 Å². The van der Waals surface area contributed by atoms with Crippen LogP contribution in [-0.2, 0) is 11.3 Å². The molecule has 18 heavy (non-hydrogen) atoms. The van der Waals surface area contributed by atoms with Gasteiger partial charge in [0.25, 0.3) is 0 Å². The maximum Gasteiger partial charge on any atom is 0.219 e. The molecule has 0 aliphatic carbocycles. The molecule has 0 spiro atoms. The molecule has 0 saturated heterocycles. The average molecular weight is 239 g/mol. The van der Waals surface area contributed by atoms with Gasteiger partial charge in [-0.15, -0.1) is 0 Å². The van der Waals surface area contributed by atoms with Gasteiger partial charge in [-0.05, 0) is 16.7 Å². The van der Waals surface area contributed by atoms with Crippen LogP contribution in [0.3, 0.4) is 0 Å². The van der Waals surface area contributed by atoms with Crippen LogP contribution in [0.2, 0.25) is 0 Å². The van der Waals surface area contributed by atoms with Gasteiger partial charge in [0.15, 0.2) is 0 Å². The first-order valence-corrected chi connectivity index (χ1v) is 6.21. The van der Waals surface area contributed by atoms with Crippen LogP contribution in [0.1, 0.15) is 18.9 Å². The lowest BCUT2D eigenvalue weighted by molar-refractivity contribution is -0.120. The van der Waals surface area contributed by atoms with E-state index in [1.54, 1.807) is 0 Å². The van der Waals surface area contributed by atoms with Crippen LogP contribution < -0.4 is 5.32 Å². The number of benzene rings is 2. The summed E-state index contributed by atoms with van der Waals surface area (Å²) in [6.45, 7) is 2.44. The third kappa shape index (κ3) is 2.98. The number of carbonyl (C=O) groups excluding carboxylic acids is 1. The van der Waals surface area contributed by atoms with Gasteiger partial charge in [-0.3, -0.25) is 4.79 Å². The van der Waals surface area contributed by atoms with Gasteiger partial charge in [0.2, 0.25) is 5.91 Å². The lowest BCUT2D eigenvalue weighted by atomic mass is 10.00. The Bertz CT molecular complexity index is 520. The molecule has 2 nitrogen and oxygen atoms in total. The minimum absolute atomic E-state index is 0.0814. The molecule has 0 atom stereocenters. The molecule has 0 aliphatic rings. The Balaban J connectivity index is 2.24. The highest BCUT2D eigenvalue weighted by molar-refractivity contribution is 5.76. The number of hydrogen-bond acceptors (Lipinski definition) is 1. The zero-order chi connectivity index (χ0) is 12.8. The van der Waals surface area contributed by atoms with Crippen LogP contribution >= 0.6 is 0 Å². The molecule has 2 aromatic rings. The van der Waals surface area contributed by atoms with Crippen LogP contribution in [0.4, 0.5) is 0 Å². The van der Waals surface area contributed by atoms with Crippen molar-refractivity contribution >= 4 is 5.91 Å². The highest BCUT2D eigenvalue weighted by atomic mass is 16.1. The van der Waals surface area contributed by atoms with Crippen LogP contribution in [0, 0.1) is 0 Å². The van der Waals surface area contributed by atoms with Gasteiger partial charge >= 0.3 is 0 Å². The van der Waals surface area contributed by atoms with Crippen LogP contribution in [0.5, 0.6) is 0 Å². The molecule has 0 fully saturated rings. The molecular weight excluding hydrogens is 222 g/mol. The lowest BCUT2D eigenvalue weighted by Crippen LogP contribution is -2.21. The van der Waals surface area contributed by atoms with Crippen molar-refractivity contribution in [2.75, 3.05) is 0 Å². The Morgan fingerprint density at radius 1 is 1.00 bits per heavy atom. The summed E-state index contributed by atoms with van der Waals surface area (Å²) in [5.41, 5.74) is 3.50. The molecule has 1 amide bonds. The Hall–Kier alpha value is -2.09. The van der Waals surface area contributed by atoms with Gasteiger partial charge in [-0.25, -0.2) is 0 Å². The molecule has 2 aromatic carbocycles.